The fourth-order valence-electron chi connectivity index (χ4n) is 2.70. The van der Waals surface area contributed by atoms with Crippen molar-refractivity contribution in [1.29, 1.82) is 0 Å². The average Bonchev–Trinajstić information content (AvgIpc) is 3.15. The zero-order valence-corrected chi connectivity index (χ0v) is 14.1. The van der Waals surface area contributed by atoms with Gasteiger partial charge in [0.2, 0.25) is 17.6 Å². The normalized spacial score (nSPS) is 13.7. The van der Waals surface area contributed by atoms with E-state index in [2.05, 4.69) is 25.2 Å². The first kappa shape index (κ1) is 16.1. The third-order valence-electron chi connectivity index (χ3n) is 3.87. The fraction of sp³-hybridized carbons (Fsp3) is 0.438. The van der Waals surface area contributed by atoms with Crippen molar-refractivity contribution in [3.8, 4) is 17.2 Å². The number of anilines is 3. The van der Waals surface area contributed by atoms with E-state index in [4.69, 9.17) is 14.2 Å². The van der Waals surface area contributed by atoms with Gasteiger partial charge in [-0.3, -0.25) is 0 Å². The summed E-state index contributed by atoms with van der Waals surface area (Å²) in [4.78, 5) is 15.1. The maximum absolute atomic E-state index is 5.36. The number of aromatic nitrogens is 3. The van der Waals surface area contributed by atoms with Gasteiger partial charge in [-0.1, -0.05) is 0 Å². The van der Waals surface area contributed by atoms with Crippen molar-refractivity contribution >= 4 is 17.6 Å². The zero-order chi connectivity index (χ0) is 16.9. The Morgan fingerprint density at radius 3 is 2.21 bits per heavy atom. The van der Waals surface area contributed by atoms with Crippen molar-refractivity contribution in [3.05, 3.63) is 18.5 Å². The van der Waals surface area contributed by atoms with Gasteiger partial charge in [0.25, 0.3) is 0 Å². The summed E-state index contributed by atoms with van der Waals surface area (Å²) >= 11 is 0. The highest BCUT2D eigenvalue weighted by atomic mass is 16.5. The van der Waals surface area contributed by atoms with Crippen LogP contribution in [0.25, 0.3) is 0 Å². The molecule has 1 aromatic heterocycles. The van der Waals surface area contributed by atoms with Crippen LogP contribution < -0.4 is 24.4 Å². The van der Waals surface area contributed by atoms with Gasteiger partial charge < -0.3 is 24.4 Å². The van der Waals surface area contributed by atoms with Gasteiger partial charge in [0, 0.05) is 30.9 Å². The van der Waals surface area contributed by atoms with Crippen molar-refractivity contribution in [2.75, 3.05) is 44.6 Å². The molecule has 0 spiro atoms. The first-order valence-corrected chi connectivity index (χ1v) is 7.76. The van der Waals surface area contributed by atoms with E-state index in [1.165, 1.54) is 19.2 Å². The predicted octanol–water partition coefficient (Wildman–Crippen LogP) is 2.24. The Morgan fingerprint density at radius 2 is 1.62 bits per heavy atom. The van der Waals surface area contributed by atoms with Gasteiger partial charge in [-0.25, -0.2) is 9.97 Å². The van der Waals surface area contributed by atoms with E-state index in [0.717, 1.165) is 18.8 Å². The molecule has 3 rings (SSSR count). The van der Waals surface area contributed by atoms with Gasteiger partial charge in [-0.05, 0) is 12.8 Å². The van der Waals surface area contributed by atoms with Crippen LogP contribution in [-0.4, -0.2) is 49.4 Å². The van der Waals surface area contributed by atoms with Gasteiger partial charge >= 0.3 is 0 Å². The molecule has 0 saturated carbocycles. The molecule has 2 aromatic rings. The quantitative estimate of drug-likeness (QED) is 0.863. The molecule has 1 saturated heterocycles. The van der Waals surface area contributed by atoms with Crippen LogP contribution in [0.1, 0.15) is 12.8 Å². The third-order valence-corrected chi connectivity index (χ3v) is 3.87. The molecule has 1 aliphatic heterocycles. The zero-order valence-electron chi connectivity index (χ0n) is 14.1. The highest BCUT2D eigenvalue weighted by Gasteiger charge is 2.17. The monoisotopic (exact) mass is 331 g/mol. The van der Waals surface area contributed by atoms with Gasteiger partial charge in [0.15, 0.2) is 11.5 Å². The summed E-state index contributed by atoms with van der Waals surface area (Å²) in [6.45, 7) is 1.96. The fourth-order valence-corrected chi connectivity index (χ4v) is 2.70. The molecule has 0 unspecified atom stereocenters. The van der Waals surface area contributed by atoms with Crippen LogP contribution in [0.3, 0.4) is 0 Å². The molecule has 0 atom stereocenters. The molecule has 1 aliphatic rings. The van der Waals surface area contributed by atoms with Gasteiger partial charge in [-0.15, -0.1) is 0 Å². The molecule has 0 radical (unpaired) electrons. The molecule has 1 aromatic carbocycles. The maximum atomic E-state index is 5.36. The van der Waals surface area contributed by atoms with Crippen molar-refractivity contribution in [1.82, 2.24) is 15.0 Å². The van der Waals surface area contributed by atoms with Crippen LogP contribution in [0.4, 0.5) is 17.6 Å². The van der Waals surface area contributed by atoms with Crippen LogP contribution in [0, 0.1) is 0 Å². The second-order valence-corrected chi connectivity index (χ2v) is 5.34. The van der Waals surface area contributed by atoms with Crippen molar-refractivity contribution in [2.24, 2.45) is 0 Å². The minimum Gasteiger partial charge on any atom is -0.493 e. The largest absolute Gasteiger partial charge is 0.493 e. The van der Waals surface area contributed by atoms with E-state index >= 15 is 0 Å². The van der Waals surface area contributed by atoms with E-state index < -0.39 is 0 Å². The molecule has 0 amide bonds. The number of hydrogen-bond donors (Lipinski definition) is 1. The topological polar surface area (TPSA) is 81.6 Å². The summed E-state index contributed by atoms with van der Waals surface area (Å²) in [5.74, 6) is 2.83. The molecule has 0 bridgehead atoms. The molecular weight excluding hydrogens is 310 g/mol. The van der Waals surface area contributed by atoms with Gasteiger partial charge in [0.1, 0.15) is 6.33 Å². The minimum absolute atomic E-state index is 0.473. The van der Waals surface area contributed by atoms with Gasteiger partial charge in [0.05, 0.1) is 21.3 Å². The molecular formula is C16H21N5O3. The van der Waals surface area contributed by atoms with E-state index in [9.17, 15) is 0 Å². The Bertz CT molecular complexity index is 679. The maximum Gasteiger partial charge on any atom is 0.232 e. The number of rotatable bonds is 6. The number of benzene rings is 1. The van der Waals surface area contributed by atoms with E-state index in [1.54, 1.807) is 33.5 Å². The first-order valence-electron chi connectivity index (χ1n) is 7.76. The van der Waals surface area contributed by atoms with Crippen LogP contribution in [0.2, 0.25) is 0 Å². The molecule has 8 nitrogen and oxygen atoms in total. The van der Waals surface area contributed by atoms with Crippen molar-refractivity contribution < 1.29 is 14.2 Å². The molecule has 24 heavy (non-hydrogen) atoms. The van der Waals surface area contributed by atoms with Crippen LogP contribution in [0.15, 0.2) is 18.5 Å². The van der Waals surface area contributed by atoms with Crippen LogP contribution >= 0.6 is 0 Å². The van der Waals surface area contributed by atoms with Gasteiger partial charge in [-0.2, -0.15) is 4.98 Å². The predicted molar refractivity (Wildman–Crippen MR) is 90.7 cm³/mol. The summed E-state index contributed by atoms with van der Waals surface area (Å²) < 4.78 is 16.0. The molecule has 1 fully saturated rings. The Labute approximate surface area is 140 Å². The highest BCUT2D eigenvalue weighted by molar-refractivity contribution is 5.65. The van der Waals surface area contributed by atoms with Crippen LogP contribution in [-0.2, 0) is 0 Å². The first-order chi connectivity index (χ1) is 11.7. The number of hydrogen-bond acceptors (Lipinski definition) is 8. The summed E-state index contributed by atoms with van der Waals surface area (Å²) in [5.41, 5.74) is 0.739. The second-order valence-electron chi connectivity index (χ2n) is 5.34. The standard InChI is InChI=1S/C16H21N5O3/c1-22-12-8-11(9-13(23-2)14(12)24-3)19-15-17-10-18-16(20-15)21-6-4-5-7-21/h8-10H,4-7H2,1-3H3,(H,17,18,19,20). The lowest BCUT2D eigenvalue weighted by atomic mass is 10.2. The van der Waals surface area contributed by atoms with Crippen LogP contribution in [0.5, 0.6) is 17.2 Å². The molecule has 1 N–H and O–H groups in total. The van der Waals surface area contributed by atoms with Crippen molar-refractivity contribution in [3.63, 3.8) is 0 Å². The number of nitrogens with one attached hydrogen (secondary N) is 1. The summed E-state index contributed by atoms with van der Waals surface area (Å²) in [6.07, 6.45) is 3.85. The Kier molecular flexibility index (Phi) is 4.83. The molecule has 0 aliphatic carbocycles. The SMILES string of the molecule is COc1cc(Nc2ncnc(N3CCCC3)n2)cc(OC)c1OC. The second kappa shape index (κ2) is 7.20. The minimum atomic E-state index is 0.473. The lowest BCUT2D eigenvalue weighted by Gasteiger charge is -2.16. The molecule has 8 heteroatoms. The highest BCUT2D eigenvalue weighted by Crippen LogP contribution is 2.40. The number of ether oxygens (including phenoxy) is 3. The average molecular weight is 331 g/mol. The Hall–Kier alpha value is -2.77. The molecule has 2 heterocycles. The Balaban J connectivity index is 1.86. The summed E-state index contributed by atoms with van der Waals surface area (Å²) in [7, 11) is 4.73. The molecule has 128 valence electrons. The number of nitrogens with zero attached hydrogens (tertiary/aromatic N) is 4. The van der Waals surface area contributed by atoms with E-state index in [-0.39, 0.29) is 0 Å². The van der Waals surface area contributed by atoms with E-state index in [0.29, 0.717) is 29.1 Å². The Morgan fingerprint density at radius 1 is 0.958 bits per heavy atom. The third kappa shape index (κ3) is 3.27. The number of methoxy groups -OCH3 is 3. The smallest absolute Gasteiger partial charge is 0.232 e. The lowest BCUT2D eigenvalue weighted by molar-refractivity contribution is 0.324. The lowest BCUT2D eigenvalue weighted by Crippen LogP contribution is -2.20. The van der Waals surface area contributed by atoms with E-state index in [1.807, 2.05) is 0 Å². The van der Waals surface area contributed by atoms with Crippen molar-refractivity contribution in [2.45, 2.75) is 12.8 Å². The summed E-state index contributed by atoms with van der Waals surface area (Å²) in [6, 6.07) is 3.61. The summed E-state index contributed by atoms with van der Waals surface area (Å²) in [5, 5.41) is 3.16.